The monoisotopic (exact) mass is 309 g/mol. The Morgan fingerprint density at radius 3 is 2.80 bits per heavy atom. The van der Waals surface area contributed by atoms with E-state index in [1.54, 1.807) is 36.4 Å². The van der Waals surface area contributed by atoms with Gasteiger partial charge in [-0.15, -0.1) is 0 Å². The van der Waals surface area contributed by atoms with Gasteiger partial charge in [-0.1, -0.05) is 41.4 Å². The summed E-state index contributed by atoms with van der Waals surface area (Å²) in [4.78, 5) is 13.6. The minimum absolute atomic E-state index is 0.303. The molecule has 2 aromatic carbocycles. The van der Waals surface area contributed by atoms with E-state index in [4.69, 9.17) is 27.6 Å². The average Bonchev–Trinajstić information content (AvgIpc) is 2.80. The van der Waals surface area contributed by atoms with Crippen molar-refractivity contribution in [3.8, 4) is 0 Å². The molecule has 0 saturated heterocycles. The summed E-state index contributed by atoms with van der Waals surface area (Å²) in [6.45, 7) is 0. The van der Waals surface area contributed by atoms with Crippen molar-refractivity contribution in [1.29, 1.82) is 0 Å². The second-order valence-corrected chi connectivity index (χ2v) is 5.10. The van der Waals surface area contributed by atoms with Crippen LogP contribution in [0.15, 0.2) is 45.6 Å². The van der Waals surface area contributed by atoms with Crippen LogP contribution >= 0.6 is 23.2 Å². The number of aliphatic hydroxyl groups excluding tert-OH is 1. The van der Waals surface area contributed by atoms with Gasteiger partial charge in [-0.05, 0) is 23.8 Å². The van der Waals surface area contributed by atoms with Gasteiger partial charge < -0.3 is 9.52 Å². The second kappa shape index (κ2) is 4.98. The Balaban J connectivity index is 2.09. The predicted molar refractivity (Wildman–Crippen MR) is 77.4 cm³/mol. The van der Waals surface area contributed by atoms with Crippen LogP contribution in [0.4, 0.5) is 0 Å². The zero-order valence-electron chi connectivity index (χ0n) is 10.1. The Labute approximate surface area is 123 Å². The number of hydrogen-bond donors (Lipinski definition) is 2. The van der Waals surface area contributed by atoms with Gasteiger partial charge in [-0.3, -0.25) is 4.98 Å². The maximum Gasteiger partial charge on any atom is 0.417 e. The van der Waals surface area contributed by atoms with Crippen molar-refractivity contribution in [2.45, 2.75) is 6.10 Å². The number of oxazole rings is 1. The number of aliphatic hydroxyl groups is 1. The maximum absolute atomic E-state index is 11.1. The molecular formula is C14H9Cl2NO3. The number of halogens is 2. The lowest BCUT2D eigenvalue weighted by atomic mass is 10.0. The molecule has 1 aromatic heterocycles. The van der Waals surface area contributed by atoms with Gasteiger partial charge in [0.25, 0.3) is 0 Å². The van der Waals surface area contributed by atoms with Crippen molar-refractivity contribution in [3.63, 3.8) is 0 Å². The molecule has 3 aromatic rings. The van der Waals surface area contributed by atoms with Crippen LogP contribution < -0.4 is 5.76 Å². The number of rotatable bonds is 2. The van der Waals surface area contributed by atoms with Crippen molar-refractivity contribution in [2.75, 3.05) is 0 Å². The number of benzene rings is 2. The number of H-pyrrole nitrogens is 1. The van der Waals surface area contributed by atoms with Gasteiger partial charge in [-0.2, -0.15) is 0 Å². The van der Waals surface area contributed by atoms with E-state index < -0.39 is 11.9 Å². The molecule has 1 heterocycles. The van der Waals surface area contributed by atoms with Crippen LogP contribution in [0.25, 0.3) is 11.1 Å². The summed E-state index contributed by atoms with van der Waals surface area (Å²) in [5.74, 6) is -0.535. The zero-order chi connectivity index (χ0) is 14.3. The normalized spacial score (nSPS) is 12.8. The van der Waals surface area contributed by atoms with Crippen LogP contribution in [0.3, 0.4) is 0 Å². The van der Waals surface area contributed by atoms with Crippen molar-refractivity contribution in [3.05, 3.63) is 68.1 Å². The highest BCUT2D eigenvalue weighted by Gasteiger charge is 2.16. The van der Waals surface area contributed by atoms with Crippen molar-refractivity contribution in [1.82, 2.24) is 4.98 Å². The van der Waals surface area contributed by atoms with Gasteiger partial charge >= 0.3 is 5.76 Å². The SMILES string of the molecule is O=c1[nH]c2ccc(C(O)c3cccc(Cl)c3Cl)cc2o1. The highest BCUT2D eigenvalue weighted by molar-refractivity contribution is 6.42. The molecule has 3 rings (SSSR count). The highest BCUT2D eigenvalue weighted by atomic mass is 35.5. The summed E-state index contributed by atoms with van der Waals surface area (Å²) < 4.78 is 4.97. The fraction of sp³-hybridized carbons (Fsp3) is 0.0714. The molecule has 0 amide bonds. The summed E-state index contributed by atoms with van der Waals surface area (Å²) in [6, 6.07) is 9.99. The standard InChI is InChI=1S/C14H9Cl2NO3/c15-9-3-1-2-8(12(9)16)13(18)7-4-5-10-11(6-7)20-14(19)17-10/h1-6,13,18H,(H,17,19). The van der Waals surface area contributed by atoms with Crippen molar-refractivity contribution >= 4 is 34.3 Å². The van der Waals surface area contributed by atoms with Crippen LogP contribution in [-0.4, -0.2) is 10.1 Å². The van der Waals surface area contributed by atoms with Gasteiger partial charge in [0.15, 0.2) is 5.58 Å². The molecule has 0 fully saturated rings. The first-order valence-corrected chi connectivity index (χ1v) is 6.56. The summed E-state index contributed by atoms with van der Waals surface area (Å²) in [7, 11) is 0. The molecular weight excluding hydrogens is 301 g/mol. The molecule has 20 heavy (non-hydrogen) atoms. The summed E-state index contributed by atoms with van der Waals surface area (Å²) in [6.07, 6.45) is -0.953. The predicted octanol–water partition coefficient (Wildman–Crippen LogP) is 3.51. The highest BCUT2D eigenvalue weighted by Crippen LogP contribution is 2.33. The Hall–Kier alpha value is -1.75. The third-order valence-corrected chi connectivity index (χ3v) is 3.87. The van der Waals surface area contributed by atoms with Crippen LogP contribution in [0.2, 0.25) is 10.0 Å². The molecule has 0 radical (unpaired) electrons. The minimum Gasteiger partial charge on any atom is -0.408 e. The van der Waals surface area contributed by atoms with E-state index in [-0.39, 0.29) is 0 Å². The first-order valence-electron chi connectivity index (χ1n) is 5.81. The van der Waals surface area contributed by atoms with E-state index in [0.29, 0.717) is 32.3 Å². The lowest BCUT2D eigenvalue weighted by Crippen LogP contribution is -2.00. The number of hydrogen-bond acceptors (Lipinski definition) is 3. The molecule has 102 valence electrons. The van der Waals surface area contributed by atoms with Gasteiger partial charge in [0.2, 0.25) is 0 Å². The Morgan fingerprint density at radius 2 is 2.00 bits per heavy atom. The van der Waals surface area contributed by atoms with Crippen molar-refractivity contribution < 1.29 is 9.52 Å². The summed E-state index contributed by atoms with van der Waals surface area (Å²) >= 11 is 12.0. The molecule has 1 unspecified atom stereocenters. The topological polar surface area (TPSA) is 66.2 Å². The molecule has 0 bridgehead atoms. The first kappa shape index (κ1) is 13.2. The van der Waals surface area contributed by atoms with E-state index in [0.717, 1.165) is 0 Å². The smallest absolute Gasteiger partial charge is 0.408 e. The number of aromatic amines is 1. The summed E-state index contributed by atoms with van der Waals surface area (Å²) in [5.41, 5.74) is 2.01. The van der Waals surface area contributed by atoms with Gasteiger partial charge in [-0.25, -0.2) is 4.79 Å². The molecule has 0 aliphatic carbocycles. The zero-order valence-corrected chi connectivity index (χ0v) is 11.6. The van der Waals surface area contributed by atoms with Crippen LogP contribution in [0.5, 0.6) is 0 Å². The van der Waals surface area contributed by atoms with E-state index in [2.05, 4.69) is 4.98 Å². The Kier molecular flexibility index (Phi) is 3.30. The first-order chi connectivity index (χ1) is 9.56. The van der Waals surface area contributed by atoms with E-state index in [1.807, 2.05) is 0 Å². The van der Waals surface area contributed by atoms with Crippen LogP contribution in [0, 0.1) is 0 Å². The Morgan fingerprint density at radius 1 is 1.20 bits per heavy atom. The fourth-order valence-electron chi connectivity index (χ4n) is 2.04. The number of nitrogens with one attached hydrogen (secondary N) is 1. The molecule has 6 heteroatoms. The Bertz CT molecular complexity index is 838. The van der Waals surface area contributed by atoms with Gasteiger partial charge in [0.1, 0.15) is 6.10 Å². The molecule has 2 N–H and O–H groups in total. The number of fused-ring (bicyclic) bond motifs is 1. The average molecular weight is 310 g/mol. The van der Waals surface area contributed by atoms with Gasteiger partial charge in [0, 0.05) is 5.56 Å². The maximum atomic E-state index is 11.1. The minimum atomic E-state index is -0.953. The van der Waals surface area contributed by atoms with Crippen LogP contribution in [0.1, 0.15) is 17.2 Å². The molecule has 0 spiro atoms. The summed E-state index contributed by atoms with van der Waals surface area (Å²) in [5, 5.41) is 11.1. The van der Waals surface area contributed by atoms with E-state index in [9.17, 15) is 9.90 Å². The fourth-order valence-corrected chi connectivity index (χ4v) is 2.45. The quantitative estimate of drug-likeness (QED) is 0.761. The third-order valence-electron chi connectivity index (χ3n) is 3.04. The second-order valence-electron chi connectivity index (χ2n) is 4.32. The van der Waals surface area contributed by atoms with E-state index >= 15 is 0 Å². The lowest BCUT2D eigenvalue weighted by Gasteiger charge is -2.13. The molecule has 0 aliphatic heterocycles. The largest absolute Gasteiger partial charge is 0.417 e. The molecule has 0 aliphatic rings. The van der Waals surface area contributed by atoms with Gasteiger partial charge in [0.05, 0.1) is 15.6 Å². The lowest BCUT2D eigenvalue weighted by molar-refractivity contribution is 0.220. The van der Waals surface area contributed by atoms with E-state index in [1.165, 1.54) is 0 Å². The van der Waals surface area contributed by atoms with Crippen molar-refractivity contribution in [2.24, 2.45) is 0 Å². The third kappa shape index (κ3) is 2.22. The molecule has 1 atom stereocenters. The number of aromatic nitrogens is 1. The van der Waals surface area contributed by atoms with Crippen LogP contribution in [-0.2, 0) is 0 Å². The molecule has 0 saturated carbocycles. The molecule has 4 nitrogen and oxygen atoms in total.